The Morgan fingerprint density at radius 3 is 2.54 bits per heavy atom. The van der Waals surface area contributed by atoms with Crippen LogP contribution in [0.3, 0.4) is 0 Å². The molecule has 0 unspecified atom stereocenters. The molecule has 0 bridgehead atoms. The molecule has 0 aliphatic carbocycles. The van der Waals surface area contributed by atoms with Crippen LogP contribution in [-0.4, -0.2) is 24.5 Å². The number of rotatable bonds is 11. The number of carbonyl (C=O) groups excluding carboxylic acids is 1. The van der Waals surface area contributed by atoms with Gasteiger partial charge in [-0.2, -0.15) is 5.26 Å². The SMILES string of the molecule is COc1cc(/C=C(/C#N)C(=O)NCCCc2ccccc2)ccc1OCc1cccc([N+](=O)[O-])c1. The largest absolute Gasteiger partial charge is 0.493 e. The first-order chi connectivity index (χ1) is 17.0. The summed E-state index contributed by atoms with van der Waals surface area (Å²) in [5.41, 5.74) is 2.40. The van der Waals surface area contributed by atoms with Crippen LogP contribution >= 0.6 is 0 Å². The molecule has 0 fully saturated rings. The van der Waals surface area contributed by atoms with Gasteiger partial charge in [0.05, 0.1) is 12.0 Å². The van der Waals surface area contributed by atoms with E-state index in [0.717, 1.165) is 12.8 Å². The number of nitriles is 1. The Balaban J connectivity index is 1.61. The number of hydrogen-bond donors (Lipinski definition) is 1. The van der Waals surface area contributed by atoms with Crippen LogP contribution in [0.2, 0.25) is 0 Å². The van der Waals surface area contributed by atoms with Crippen molar-refractivity contribution in [2.45, 2.75) is 19.4 Å². The zero-order valence-corrected chi connectivity index (χ0v) is 19.3. The van der Waals surface area contributed by atoms with Gasteiger partial charge in [-0.1, -0.05) is 48.5 Å². The van der Waals surface area contributed by atoms with E-state index in [4.69, 9.17) is 9.47 Å². The van der Waals surface area contributed by atoms with Gasteiger partial charge in [0.1, 0.15) is 18.2 Å². The number of nitro benzene ring substituents is 1. The van der Waals surface area contributed by atoms with E-state index in [2.05, 4.69) is 5.32 Å². The number of benzene rings is 3. The average molecular weight is 472 g/mol. The molecule has 8 heteroatoms. The third-order valence-electron chi connectivity index (χ3n) is 5.15. The molecule has 1 amide bonds. The van der Waals surface area contributed by atoms with E-state index in [9.17, 15) is 20.2 Å². The Bertz CT molecular complexity index is 1250. The second-order valence-corrected chi connectivity index (χ2v) is 7.64. The van der Waals surface area contributed by atoms with E-state index < -0.39 is 10.8 Å². The fourth-order valence-corrected chi connectivity index (χ4v) is 3.36. The third kappa shape index (κ3) is 7.44. The number of ether oxygens (including phenoxy) is 2. The summed E-state index contributed by atoms with van der Waals surface area (Å²) in [6.45, 7) is 0.572. The van der Waals surface area contributed by atoms with E-state index in [0.29, 0.717) is 29.2 Å². The lowest BCUT2D eigenvalue weighted by Crippen LogP contribution is -2.25. The highest BCUT2D eigenvalue weighted by Gasteiger charge is 2.12. The summed E-state index contributed by atoms with van der Waals surface area (Å²) in [6.07, 6.45) is 3.08. The van der Waals surface area contributed by atoms with E-state index in [1.54, 1.807) is 30.3 Å². The molecule has 0 spiro atoms. The number of nitrogens with zero attached hydrogens (tertiary/aromatic N) is 2. The predicted molar refractivity (Wildman–Crippen MR) is 132 cm³/mol. The summed E-state index contributed by atoms with van der Waals surface area (Å²) in [5, 5.41) is 23.2. The average Bonchev–Trinajstić information content (AvgIpc) is 2.89. The van der Waals surface area contributed by atoms with Crippen molar-refractivity contribution in [2.24, 2.45) is 0 Å². The van der Waals surface area contributed by atoms with Crippen LogP contribution < -0.4 is 14.8 Å². The fraction of sp³-hybridized carbons (Fsp3) is 0.185. The van der Waals surface area contributed by atoms with Gasteiger partial charge in [-0.15, -0.1) is 0 Å². The topological polar surface area (TPSA) is 114 Å². The highest BCUT2D eigenvalue weighted by atomic mass is 16.6. The highest BCUT2D eigenvalue weighted by Crippen LogP contribution is 2.30. The van der Waals surface area contributed by atoms with Gasteiger partial charge in [0.2, 0.25) is 0 Å². The van der Waals surface area contributed by atoms with Gasteiger partial charge in [-0.25, -0.2) is 0 Å². The molecule has 3 aromatic carbocycles. The summed E-state index contributed by atoms with van der Waals surface area (Å²) in [4.78, 5) is 22.9. The van der Waals surface area contributed by atoms with Crippen LogP contribution in [0.4, 0.5) is 5.69 Å². The van der Waals surface area contributed by atoms with Crippen molar-refractivity contribution in [3.8, 4) is 17.6 Å². The Labute approximate surface area is 203 Å². The molecule has 8 nitrogen and oxygen atoms in total. The molecule has 178 valence electrons. The zero-order chi connectivity index (χ0) is 25.0. The first-order valence-electron chi connectivity index (χ1n) is 11.0. The summed E-state index contributed by atoms with van der Waals surface area (Å²) in [6, 6.07) is 23.1. The van der Waals surface area contributed by atoms with Gasteiger partial charge in [0.15, 0.2) is 11.5 Å². The Hall–Kier alpha value is -4.64. The summed E-state index contributed by atoms with van der Waals surface area (Å²) >= 11 is 0. The van der Waals surface area contributed by atoms with Crippen LogP contribution in [0.15, 0.2) is 78.4 Å². The van der Waals surface area contributed by atoms with E-state index >= 15 is 0 Å². The van der Waals surface area contributed by atoms with Crippen molar-refractivity contribution >= 4 is 17.7 Å². The van der Waals surface area contributed by atoms with Gasteiger partial charge < -0.3 is 14.8 Å². The van der Waals surface area contributed by atoms with Gasteiger partial charge in [-0.05, 0) is 47.7 Å². The molecule has 0 saturated carbocycles. The second-order valence-electron chi connectivity index (χ2n) is 7.64. The first-order valence-corrected chi connectivity index (χ1v) is 11.0. The van der Waals surface area contributed by atoms with Crippen LogP contribution in [0.25, 0.3) is 6.08 Å². The molecular weight excluding hydrogens is 446 g/mol. The minimum absolute atomic E-state index is 0.0130. The molecule has 0 saturated heterocycles. The molecule has 0 aliphatic heterocycles. The standard InChI is InChI=1S/C27H25N3O5/c1-34-26-17-21(12-13-25(26)35-19-22-9-5-11-24(16-22)30(32)33)15-23(18-28)27(31)29-14-6-10-20-7-3-2-4-8-20/h2-5,7-9,11-13,15-17H,6,10,14,19H2,1H3,(H,29,31)/b23-15-. The van der Waals surface area contributed by atoms with E-state index in [1.807, 2.05) is 36.4 Å². The molecule has 3 rings (SSSR count). The van der Waals surface area contributed by atoms with Crippen LogP contribution in [0, 0.1) is 21.4 Å². The number of methoxy groups -OCH3 is 1. The molecular formula is C27H25N3O5. The number of aryl methyl sites for hydroxylation is 1. The predicted octanol–water partition coefficient (Wildman–Crippen LogP) is 4.84. The van der Waals surface area contributed by atoms with Crippen LogP contribution in [-0.2, 0) is 17.8 Å². The maximum atomic E-state index is 12.4. The quantitative estimate of drug-likeness (QED) is 0.141. The summed E-state index contributed by atoms with van der Waals surface area (Å²) in [5.74, 6) is 0.398. The third-order valence-corrected chi connectivity index (χ3v) is 5.15. The lowest BCUT2D eigenvalue weighted by atomic mass is 10.1. The van der Waals surface area contributed by atoms with E-state index in [-0.39, 0.29) is 17.9 Å². The fourth-order valence-electron chi connectivity index (χ4n) is 3.36. The molecule has 0 aromatic heterocycles. The maximum Gasteiger partial charge on any atom is 0.269 e. The molecule has 0 atom stereocenters. The molecule has 0 heterocycles. The monoisotopic (exact) mass is 471 g/mol. The Morgan fingerprint density at radius 1 is 1.06 bits per heavy atom. The number of carbonyl (C=O) groups is 1. The summed E-state index contributed by atoms with van der Waals surface area (Å²) in [7, 11) is 1.48. The number of nitrogens with one attached hydrogen (secondary N) is 1. The molecule has 0 aliphatic rings. The molecule has 1 N–H and O–H groups in total. The Morgan fingerprint density at radius 2 is 1.83 bits per heavy atom. The summed E-state index contributed by atoms with van der Waals surface area (Å²) < 4.78 is 11.2. The molecule has 35 heavy (non-hydrogen) atoms. The maximum absolute atomic E-state index is 12.4. The number of non-ortho nitro benzene ring substituents is 1. The smallest absolute Gasteiger partial charge is 0.269 e. The lowest BCUT2D eigenvalue weighted by molar-refractivity contribution is -0.384. The van der Waals surface area contributed by atoms with Crippen molar-refractivity contribution in [3.63, 3.8) is 0 Å². The number of nitro groups is 1. The minimum Gasteiger partial charge on any atom is -0.493 e. The molecule has 3 aromatic rings. The number of hydrogen-bond acceptors (Lipinski definition) is 6. The van der Waals surface area contributed by atoms with E-state index in [1.165, 1.54) is 30.9 Å². The minimum atomic E-state index is -0.461. The van der Waals surface area contributed by atoms with Crippen LogP contribution in [0.5, 0.6) is 11.5 Å². The van der Waals surface area contributed by atoms with Gasteiger partial charge in [-0.3, -0.25) is 14.9 Å². The van der Waals surface area contributed by atoms with Crippen LogP contribution in [0.1, 0.15) is 23.1 Å². The van der Waals surface area contributed by atoms with Gasteiger partial charge >= 0.3 is 0 Å². The van der Waals surface area contributed by atoms with Crippen molar-refractivity contribution in [1.29, 1.82) is 5.26 Å². The normalized spacial score (nSPS) is 10.8. The van der Waals surface area contributed by atoms with Crippen molar-refractivity contribution < 1.29 is 19.2 Å². The zero-order valence-electron chi connectivity index (χ0n) is 19.3. The van der Waals surface area contributed by atoms with Gasteiger partial charge in [0, 0.05) is 18.7 Å². The van der Waals surface area contributed by atoms with Gasteiger partial charge in [0.25, 0.3) is 11.6 Å². The number of amides is 1. The molecule has 0 radical (unpaired) electrons. The van der Waals surface area contributed by atoms with Crippen molar-refractivity contribution in [2.75, 3.05) is 13.7 Å². The lowest BCUT2D eigenvalue weighted by Gasteiger charge is -2.12. The highest BCUT2D eigenvalue weighted by molar-refractivity contribution is 6.01. The first kappa shape index (κ1) is 25.0. The Kier molecular flexibility index (Phi) is 8.97. The van der Waals surface area contributed by atoms with Crippen molar-refractivity contribution in [1.82, 2.24) is 5.32 Å². The van der Waals surface area contributed by atoms with Crippen molar-refractivity contribution in [3.05, 3.63) is 105 Å². The second kappa shape index (κ2) is 12.6.